The first kappa shape index (κ1) is 25.1. The maximum atomic E-state index is 12.0. The molecule has 0 aromatic heterocycles. The van der Waals surface area contributed by atoms with Gasteiger partial charge in [0.2, 0.25) is 11.8 Å². The molecule has 8 nitrogen and oxygen atoms in total. The first-order chi connectivity index (χ1) is 15.5. The summed E-state index contributed by atoms with van der Waals surface area (Å²) in [4.78, 5) is 37.7. The molecular weight excluding hydrogens is 426 g/mol. The van der Waals surface area contributed by atoms with Crippen molar-refractivity contribution in [1.82, 2.24) is 26.2 Å². The highest BCUT2D eigenvalue weighted by Crippen LogP contribution is 2.33. The second kappa shape index (κ2) is 13.3. The lowest BCUT2D eigenvalue weighted by molar-refractivity contribution is -0.122. The van der Waals surface area contributed by atoms with E-state index in [4.69, 9.17) is 0 Å². The highest BCUT2D eigenvalue weighted by Gasteiger charge is 2.42. The fourth-order valence-corrected chi connectivity index (χ4v) is 6.53. The van der Waals surface area contributed by atoms with Gasteiger partial charge >= 0.3 is 6.03 Å². The van der Waals surface area contributed by atoms with Gasteiger partial charge in [0.05, 0.1) is 12.1 Å². The van der Waals surface area contributed by atoms with E-state index in [0.29, 0.717) is 30.7 Å². The molecule has 0 saturated carbocycles. The van der Waals surface area contributed by atoms with Gasteiger partial charge in [-0.1, -0.05) is 12.8 Å². The van der Waals surface area contributed by atoms with Gasteiger partial charge in [-0.3, -0.25) is 9.59 Å². The topological polar surface area (TPSA) is 103 Å². The zero-order chi connectivity index (χ0) is 22.8. The van der Waals surface area contributed by atoms with Crippen molar-refractivity contribution in [1.29, 1.82) is 0 Å². The SMILES string of the molecule is CN1CCCC1CCNC(=O)CCCCCNC(=O)CCCC[C@@H]1SC[C@@H]2NC(=O)N[C@@H]21. The van der Waals surface area contributed by atoms with Crippen LogP contribution < -0.4 is 21.3 Å². The molecule has 32 heavy (non-hydrogen) atoms. The maximum absolute atomic E-state index is 12.0. The summed E-state index contributed by atoms with van der Waals surface area (Å²) in [5, 5.41) is 12.5. The molecule has 0 radical (unpaired) electrons. The van der Waals surface area contributed by atoms with Crippen LogP contribution in [-0.4, -0.2) is 78.6 Å². The van der Waals surface area contributed by atoms with E-state index in [1.165, 1.54) is 19.4 Å². The number of thioether (sulfide) groups is 1. The van der Waals surface area contributed by atoms with Gasteiger partial charge in [-0.25, -0.2) is 4.79 Å². The number of likely N-dealkylation sites (tertiary alicyclic amines) is 1. The first-order valence-corrected chi connectivity index (χ1v) is 13.5. The summed E-state index contributed by atoms with van der Waals surface area (Å²) < 4.78 is 0. The number of hydrogen-bond donors (Lipinski definition) is 4. The lowest BCUT2D eigenvalue weighted by atomic mass is 10.0. The smallest absolute Gasteiger partial charge is 0.315 e. The summed E-state index contributed by atoms with van der Waals surface area (Å²) >= 11 is 1.92. The van der Waals surface area contributed by atoms with Crippen molar-refractivity contribution < 1.29 is 14.4 Å². The second-order valence-electron chi connectivity index (χ2n) is 9.44. The summed E-state index contributed by atoms with van der Waals surface area (Å²) in [5.74, 6) is 1.25. The first-order valence-electron chi connectivity index (χ1n) is 12.4. The highest BCUT2D eigenvalue weighted by molar-refractivity contribution is 8.00. The molecule has 0 aromatic carbocycles. The second-order valence-corrected chi connectivity index (χ2v) is 10.7. The summed E-state index contributed by atoms with van der Waals surface area (Å²) in [6, 6.07) is 1.10. The lowest BCUT2D eigenvalue weighted by Gasteiger charge is -2.19. The molecule has 0 aliphatic carbocycles. The van der Waals surface area contributed by atoms with Gasteiger partial charge < -0.3 is 26.2 Å². The number of fused-ring (bicyclic) bond motifs is 1. The number of amides is 4. The average Bonchev–Trinajstić information content (AvgIpc) is 3.44. The van der Waals surface area contributed by atoms with E-state index in [1.807, 2.05) is 11.8 Å². The Bertz CT molecular complexity index is 635. The summed E-state index contributed by atoms with van der Waals surface area (Å²) in [7, 11) is 2.16. The Balaban J connectivity index is 1.10. The zero-order valence-electron chi connectivity index (χ0n) is 19.5. The van der Waals surface area contributed by atoms with Crippen LogP contribution in [-0.2, 0) is 9.59 Å². The molecule has 3 aliphatic rings. The third-order valence-electron chi connectivity index (χ3n) is 6.95. The Morgan fingerprint density at radius 2 is 1.75 bits per heavy atom. The minimum Gasteiger partial charge on any atom is -0.356 e. The fraction of sp³-hybridized carbons (Fsp3) is 0.870. The Kier molecular flexibility index (Phi) is 10.4. The zero-order valence-corrected chi connectivity index (χ0v) is 20.3. The monoisotopic (exact) mass is 467 g/mol. The van der Waals surface area contributed by atoms with Crippen molar-refractivity contribution in [2.24, 2.45) is 0 Å². The number of urea groups is 1. The van der Waals surface area contributed by atoms with Gasteiger partial charge in [0, 0.05) is 43.0 Å². The van der Waals surface area contributed by atoms with Gasteiger partial charge in [0.1, 0.15) is 0 Å². The van der Waals surface area contributed by atoms with Crippen LogP contribution in [0.4, 0.5) is 4.79 Å². The number of nitrogens with zero attached hydrogens (tertiary/aromatic N) is 1. The largest absolute Gasteiger partial charge is 0.356 e. The Labute approximate surface area is 196 Å². The molecule has 182 valence electrons. The minimum absolute atomic E-state index is 0.0438. The van der Waals surface area contributed by atoms with Gasteiger partial charge in [0.15, 0.2) is 0 Å². The predicted molar refractivity (Wildman–Crippen MR) is 129 cm³/mol. The quantitative estimate of drug-likeness (QED) is 0.231. The number of carbonyl (C=O) groups is 3. The summed E-state index contributed by atoms with van der Waals surface area (Å²) in [6.07, 6.45) is 10.4. The highest BCUT2D eigenvalue weighted by atomic mass is 32.2. The summed E-state index contributed by atoms with van der Waals surface area (Å²) in [5.41, 5.74) is 0. The van der Waals surface area contributed by atoms with Crippen molar-refractivity contribution in [3.05, 3.63) is 0 Å². The Hall–Kier alpha value is -1.48. The predicted octanol–water partition coefficient (Wildman–Crippen LogP) is 1.99. The molecule has 3 fully saturated rings. The number of carbonyl (C=O) groups excluding carboxylic acids is 3. The van der Waals surface area contributed by atoms with Crippen molar-refractivity contribution in [3.8, 4) is 0 Å². The van der Waals surface area contributed by atoms with E-state index in [0.717, 1.165) is 57.2 Å². The fourth-order valence-electron chi connectivity index (χ4n) is 4.99. The molecule has 4 amide bonds. The van der Waals surface area contributed by atoms with Crippen LogP contribution in [0.25, 0.3) is 0 Å². The van der Waals surface area contributed by atoms with Crippen LogP contribution in [0, 0.1) is 0 Å². The third-order valence-corrected chi connectivity index (χ3v) is 8.46. The average molecular weight is 468 g/mol. The number of hydrogen-bond acceptors (Lipinski definition) is 5. The third kappa shape index (κ3) is 8.14. The lowest BCUT2D eigenvalue weighted by Crippen LogP contribution is -2.36. The van der Waals surface area contributed by atoms with Crippen LogP contribution in [0.15, 0.2) is 0 Å². The van der Waals surface area contributed by atoms with Crippen LogP contribution in [0.1, 0.15) is 70.6 Å². The van der Waals surface area contributed by atoms with Gasteiger partial charge in [-0.15, -0.1) is 0 Å². The van der Waals surface area contributed by atoms with Gasteiger partial charge in [-0.05, 0) is 58.5 Å². The molecule has 0 bridgehead atoms. The van der Waals surface area contributed by atoms with E-state index in [2.05, 4.69) is 33.2 Å². The molecule has 9 heteroatoms. The number of rotatable bonds is 14. The van der Waals surface area contributed by atoms with E-state index in [1.54, 1.807) is 0 Å². The number of unbranched alkanes of at least 4 members (excludes halogenated alkanes) is 3. The normalized spacial score (nSPS) is 27.1. The Morgan fingerprint density at radius 1 is 1.00 bits per heavy atom. The maximum Gasteiger partial charge on any atom is 0.315 e. The standard InChI is InChI=1S/C23H41N5O3S/c1-28-15-7-8-17(28)12-14-25-21(30)10-3-2-6-13-24-20(29)11-5-4-9-19-22-18(16-32-19)26-23(31)27-22/h17-19,22H,2-16H2,1H3,(H,24,29)(H,25,30)(H2,26,27,31)/t17?,18-,19-,22-/m0/s1. The van der Waals surface area contributed by atoms with Crippen LogP contribution in [0.3, 0.4) is 0 Å². The van der Waals surface area contributed by atoms with E-state index < -0.39 is 0 Å². The molecule has 4 N–H and O–H groups in total. The molecule has 0 aromatic rings. The van der Waals surface area contributed by atoms with Crippen LogP contribution >= 0.6 is 11.8 Å². The van der Waals surface area contributed by atoms with Crippen molar-refractivity contribution in [3.63, 3.8) is 0 Å². The molecule has 3 rings (SSSR count). The van der Waals surface area contributed by atoms with Crippen molar-refractivity contribution in [2.45, 2.75) is 94.0 Å². The minimum atomic E-state index is -0.0438. The molecule has 1 unspecified atom stereocenters. The van der Waals surface area contributed by atoms with Gasteiger partial charge in [-0.2, -0.15) is 11.8 Å². The van der Waals surface area contributed by atoms with E-state index in [9.17, 15) is 14.4 Å². The van der Waals surface area contributed by atoms with E-state index >= 15 is 0 Å². The van der Waals surface area contributed by atoms with E-state index in [-0.39, 0.29) is 29.9 Å². The van der Waals surface area contributed by atoms with Gasteiger partial charge in [0.25, 0.3) is 0 Å². The molecule has 3 heterocycles. The van der Waals surface area contributed by atoms with Crippen LogP contribution in [0.5, 0.6) is 0 Å². The van der Waals surface area contributed by atoms with Crippen LogP contribution in [0.2, 0.25) is 0 Å². The Morgan fingerprint density at radius 3 is 2.50 bits per heavy atom. The molecule has 4 atom stereocenters. The molecule has 0 spiro atoms. The van der Waals surface area contributed by atoms with Crippen molar-refractivity contribution in [2.75, 3.05) is 32.4 Å². The number of nitrogens with one attached hydrogen (secondary N) is 4. The molecular formula is C23H41N5O3S. The molecule has 3 aliphatic heterocycles. The molecule has 3 saturated heterocycles. The van der Waals surface area contributed by atoms with Crippen molar-refractivity contribution >= 4 is 29.6 Å². The summed E-state index contributed by atoms with van der Waals surface area (Å²) in [6.45, 7) is 2.64.